The van der Waals surface area contributed by atoms with Crippen LogP contribution in [-0.4, -0.2) is 18.5 Å². The third kappa shape index (κ3) is 7.22. The molecule has 0 aromatic heterocycles. The summed E-state index contributed by atoms with van der Waals surface area (Å²) in [6.45, 7) is 2.73. The number of hydrogen-bond donors (Lipinski definition) is 2. The minimum Gasteiger partial charge on any atom is -0.352 e. The first-order chi connectivity index (χ1) is 8.26. The number of halogens is 1. The number of rotatable bonds is 7. The van der Waals surface area contributed by atoms with Gasteiger partial charge in [0.05, 0.1) is 0 Å². The van der Waals surface area contributed by atoms with Gasteiger partial charge in [-0.05, 0) is 25.2 Å². The number of amides is 1. The Balaban J connectivity index is 0.00000289. The molecule has 0 aliphatic heterocycles. The first kappa shape index (κ1) is 17.7. The molecular formula is C14H29ClN2O. The van der Waals surface area contributed by atoms with Crippen LogP contribution in [0.4, 0.5) is 0 Å². The lowest BCUT2D eigenvalue weighted by Gasteiger charge is -2.23. The molecule has 1 fully saturated rings. The van der Waals surface area contributed by atoms with Gasteiger partial charge >= 0.3 is 0 Å². The van der Waals surface area contributed by atoms with E-state index in [2.05, 4.69) is 12.2 Å². The fourth-order valence-corrected chi connectivity index (χ4v) is 2.64. The molecule has 3 N–H and O–H groups in total. The van der Waals surface area contributed by atoms with Crippen LogP contribution in [0, 0.1) is 5.92 Å². The molecule has 18 heavy (non-hydrogen) atoms. The average Bonchev–Trinajstić information content (AvgIpc) is 2.35. The Hall–Kier alpha value is -0.280. The zero-order valence-corrected chi connectivity index (χ0v) is 12.4. The van der Waals surface area contributed by atoms with Crippen LogP contribution < -0.4 is 11.1 Å². The Labute approximate surface area is 118 Å². The molecular weight excluding hydrogens is 248 g/mol. The maximum Gasteiger partial charge on any atom is 0.220 e. The first-order valence-corrected chi connectivity index (χ1v) is 7.25. The average molecular weight is 277 g/mol. The Bertz CT molecular complexity index is 218. The van der Waals surface area contributed by atoms with Gasteiger partial charge in [-0.15, -0.1) is 12.4 Å². The minimum atomic E-state index is 0. The highest BCUT2D eigenvalue weighted by atomic mass is 35.5. The van der Waals surface area contributed by atoms with Crippen molar-refractivity contribution in [2.75, 3.05) is 6.54 Å². The number of hydrogen-bond acceptors (Lipinski definition) is 2. The molecule has 1 aliphatic carbocycles. The van der Waals surface area contributed by atoms with Crippen molar-refractivity contribution >= 4 is 18.3 Å². The zero-order valence-electron chi connectivity index (χ0n) is 11.6. The van der Waals surface area contributed by atoms with Gasteiger partial charge in [-0.2, -0.15) is 0 Å². The van der Waals surface area contributed by atoms with Crippen LogP contribution in [-0.2, 0) is 4.79 Å². The van der Waals surface area contributed by atoms with Gasteiger partial charge in [-0.1, -0.05) is 39.0 Å². The van der Waals surface area contributed by atoms with Crippen LogP contribution in [0.5, 0.6) is 0 Å². The molecule has 108 valence electrons. The van der Waals surface area contributed by atoms with Gasteiger partial charge in [0.15, 0.2) is 0 Å². The highest BCUT2D eigenvalue weighted by molar-refractivity contribution is 5.85. The third-order valence-corrected chi connectivity index (χ3v) is 3.75. The molecule has 0 spiro atoms. The van der Waals surface area contributed by atoms with Crippen LogP contribution >= 0.6 is 12.4 Å². The maximum absolute atomic E-state index is 11.9. The van der Waals surface area contributed by atoms with Crippen molar-refractivity contribution in [2.24, 2.45) is 11.7 Å². The minimum absolute atomic E-state index is 0. The Morgan fingerprint density at radius 1 is 1.33 bits per heavy atom. The second-order valence-electron chi connectivity index (χ2n) is 5.35. The second kappa shape index (κ2) is 10.6. The molecule has 0 aromatic carbocycles. The normalized spacial score (nSPS) is 17.9. The molecule has 0 aromatic rings. The summed E-state index contributed by atoms with van der Waals surface area (Å²) in [7, 11) is 0. The lowest BCUT2D eigenvalue weighted by Crippen LogP contribution is -2.40. The number of carbonyl (C=O) groups excluding carboxylic acids is 1. The predicted octanol–water partition coefficient (Wildman–Crippen LogP) is 3.01. The summed E-state index contributed by atoms with van der Waals surface area (Å²) in [5.74, 6) is 0.830. The number of nitrogens with two attached hydrogens (primary N) is 1. The molecule has 0 heterocycles. The van der Waals surface area contributed by atoms with E-state index in [1.54, 1.807) is 0 Å². The standard InChI is InChI=1S/C14H28N2O.ClH/c1-2-3-9-13(11-15)16-14(17)10-12-7-5-4-6-8-12;/h12-13H,2-11,15H2,1H3,(H,16,17);1H. The van der Waals surface area contributed by atoms with Crippen molar-refractivity contribution in [1.29, 1.82) is 0 Å². The van der Waals surface area contributed by atoms with Gasteiger partial charge in [-0.25, -0.2) is 0 Å². The highest BCUT2D eigenvalue weighted by Gasteiger charge is 2.18. The Kier molecular flexibility index (Phi) is 10.5. The second-order valence-corrected chi connectivity index (χ2v) is 5.35. The van der Waals surface area contributed by atoms with Crippen molar-refractivity contribution in [2.45, 2.75) is 70.8 Å². The molecule has 1 aliphatic rings. The fourth-order valence-electron chi connectivity index (χ4n) is 2.64. The molecule has 1 unspecified atom stereocenters. The fraction of sp³-hybridized carbons (Fsp3) is 0.929. The molecule has 1 rings (SSSR count). The summed E-state index contributed by atoms with van der Waals surface area (Å²) in [6, 6.07) is 0.186. The van der Waals surface area contributed by atoms with Gasteiger partial charge in [0, 0.05) is 19.0 Å². The van der Waals surface area contributed by atoms with Gasteiger partial charge in [-0.3, -0.25) is 4.79 Å². The molecule has 1 amide bonds. The van der Waals surface area contributed by atoms with Crippen LogP contribution in [0.25, 0.3) is 0 Å². The molecule has 3 nitrogen and oxygen atoms in total. The topological polar surface area (TPSA) is 55.1 Å². The van der Waals surface area contributed by atoms with E-state index in [0.717, 1.165) is 19.3 Å². The van der Waals surface area contributed by atoms with E-state index in [1.165, 1.54) is 32.1 Å². The maximum atomic E-state index is 11.9. The highest BCUT2D eigenvalue weighted by Crippen LogP contribution is 2.26. The summed E-state index contributed by atoms with van der Waals surface area (Å²) in [5.41, 5.74) is 5.68. The summed E-state index contributed by atoms with van der Waals surface area (Å²) >= 11 is 0. The van der Waals surface area contributed by atoms with Crippen molar-refractivity contribution in [3.05, 3.63) is 0 Å². The summed E-state index contributed by atoms with van der Waals surface area (Å²) < 4.78 is 0. The van der Waals surface area contributed by atoms with Crippen molar-refractivity contribution in [3.63, 3.8) is 0 Å². The van der Waals surface area contributed by atoms with Crippen molar-refractivity contribution in [3.8, 4) is 0 Å². The van der Waals surface area contributed by atoms with E-state index < -0.39 is 0 Å². The SMILES string of the molecule is CCCCC(CN)NC(=O)CC1CCCCC1.Cl. The molecule has 1 atom stereocenters. The number of carbonyl (C=O) groups is 1. The largest absolute Gasteiger partial charge is 0.352 e. The predicted molar refractivity (Wildman–Crippen MR) is 79.0 cm³/mol. The summed E-state index contributed by atoms with van der Waals surface area (Å²) in [5, 5.41) is 3.08. The smallest absolute Gasteiger partial charge is 0.220 e. The van der Waals surface area contributed by atoms with E-state index in [9.17, 15) is 4.79 Å². The van der Waals surface area contributed by atoms with Gasteiger partial charge in [0.2, 0.25) is 5.91 Å². The third-order valence-electron chi connectivity index (χ3n) is 3.75. The van der Waals surface area contributed by atoms with Gasteiger partial charge in [0.1, 0.15) is 0 Å². The van der Waals surface area contributed by atoms with Crippen LogP contribution in [0.2, 0.25) is 0 Å². The van der Waals surface area contributed by atoms with Gasteiger partial charge < -0.3 is 11.1 Å². The van der Waals surface area contributed by atoms with E-state index in [1.807, 2.05) is 0 Å². The monoisotopic (exact) mass is 276 g/mol. The molecule has 0 radical (unpaired) electrons. The van der Waals surface area contributed by atoms with E-state index in [0.29, 0.717) is 18.9 Å². The zero-order chi connectivity index (χ0) is 12.5. The molecule has 4 heteroatoms. The molecule has 1 saturated carbocycles. The lowest BCUT2D eigenvalue weighted by atomic mass is 9.87. The van der Waals surface area contributed by atoms with E-state index in [4.69, 9.17) is 5.73 Å². The van der Waals surface area contributed by atoms with Crippen LogP contribution in [0.1, 0.15) is 64.7 Å². The van der Waals surface area contributed by atoms with Crippen LogP contribution in [0.3, 0.4) is 0 Å². The quantitative estimate of drug-likeness (QED) is 0.751. The first-order valence-electron chi connectivity index (χ1n) is 7.25. The number of nitrogens with one attached hydrogen (secondary N) is 1. The van der Waals surface area contributed by atoms with Crippen LogP contribution in [0.15, 0.2) is 0 Å². The van der Waals surface area contributed by atoms with Gasteiger partial charge in [0.25, 0.3) is 0 Å². The Morgan fingerprint density at radius 2 is 2.00 bits per heavy atom. The lowest BCUT2D eigenvalue weighted by molar-refractivity contribution is -0.122. The molecule has 0 bridgehead atoms. The van der Waals surface area contributed by atoms with E-state index >= 15 is 0 Å². The Morgan fingerprint density at radius 3 is 2.56 bits per heavy atom. The van der Waals surface area contributed by atoms with E-state index in [-0.39, 0.29) is 24.4 Å². The van der Waals surface area contributed by atoms with Crippen molar-refractivity contribution < 1.29 is 4.79 Å². The van der Waals surface area contributed by atoms with Crippen molar-refractivity contribution in [1.82, 2.24) is 5.32 Å². The summed E-state index contributed by atoms with van der Waals surface area (Å²) in [6.07, 6.45) is 10.4. The molecule has 0 saturated heterocycles. The number of unbranched alkanes of at least 4 members (excludes halogenated alkanes) is 1. The summed E-state index contributed by atoms with van der Waals surface area (Å²) in [4.78, 5) is 11.9.